The Morgan fingerprint density at radius 1 is 1.16 bits per heavy atom. The number of ether oxygens (including phenoxy) is 1. The minimum absolute atomic E-state index is 0.256. The maximum Gasteiger partial charge on any atom is 0.120 e. The lowest BCUT2D eigenvalue weighted by molar-refractivity contribution is 0.143. The Labute approximate surface area is 118 Å². The van der Waals surface area contributed by atoms with Crippen LogP contribution in [0.2, 0.25) is 0 Å². The number of aryl methyl sites for hydroxylation is 1. The van der Waals surface area contributed by atoms with E-state index in [9.17, 15) is 0 Å². The smallest absolute Gasteiger partial charge is 0.120 e. The Morgan fingerprint density at radius 3 is 2.53 bits per heavy atom. The summed E-state index contributed by atoms with van der Waals surface area (Å²) in [4.78, 5) is 0. The van der Waals surface area contributed by atoms with Gasteiger partial charge in [-0.25, -0.2) is 0 Å². The molecule has 108 valence electrons. The van der Waals surface area contributed by atoms with E-state index in [0.29, 0.717) is 6.04 Å². The van der Waals surface area contributed by atoms with E-state index in [0.717, 1.165) is 25.1 Å². The van der Waals surface area contributed by atoms with E-state index in [1.165, 1.54) is 18.4 Å². The summed E-state index contributed by atoms with van der Waals surface area (Å²) in [6, 6.07) is 8.92. The van der Waals surface area contributed by atoms with Gasteiger partial charge < -0.3 is 10.1 Å². The van der Waals surface area contributed by atoms with E-state index in [2.05, 4.69) is 57.3 Å². The van der Waals surface area contributed by atoms with E-state index in [4.69, 9.17) is 4.74 Å². The van der Waals surface area contributed by atoms with Crippen LogP contribution in [0.15, 0.2) is 24.3 Å². The van der Waals surface area contributed by atoms with Crippen molar-refractivity contribution in [3.63, 3.8) is 0 Å². The van der Waals surface area contributed by atoms with Gasteiger partial charge in [-0.15, -0.1) is 0 Å². The Balaban J connectivity index is 2.72. The zero-order chi connectivity index (χ0) is 14.1. The van der Waals surface area contributed by atoms with Crippen LogP contribution in [0, 0.1) is 0 Å². The van der Waals surface area contributed by atoms with Gasteiger partial charge in [-0.3, -0.25) is 0 Å². The van der Waals surface area contributed by atoms with Gasteiger partial charge in [0.2, 0.25) is 0 Å². The molecule has 1 N–H and O–H groups in total. The number of hydrogen-bond acceptors (Lipinski definition) is 2. The van der Waals surface area contributed by atoms with Gasteiger partial charge in [0, 0.05) is 6.04 Å². The number of nitrogens with one attached hydrogen (secondary N) is 1. The maximum atomic E-state index is 6.21. The van der Waals surface area contributed by atoms with Crippen molar-refractivity contribution >= 4 is 0 Å². The first-order chi connectivity index (χ1) is 9.24. The molecule has 0 bridgehead atoms. The van der Waals surface area contributed by atoms with E-state index in [1.54, 1.807) is 0 Å². The molecular weight excluding hydrogens is 234 g/mol. The monoisotopic (exact) mass is 263 g/mol. The Morgan fingerprint density at radius 2 is 1.95 bits per heavy atom. The molecule has 19 heavy (non-hydrogen) atoms. The minimum Gasteiger partial charge on any atom is -0.489 e. The molecule has 1 rings (SSSR count). The number of rotatable bonds is 9. The summed E-state index contributed by atoms with van der Waals surface area (Å²) < 4.78 is 6.21. The molecule has 0 aliphatic carbocycles. The van der Waals surface area contributed by atoms with Gasteiger partial charge >= 0.3 is 0 Å². The fourth-order valence-electron chi connectivity index (χ4n) is 2.46. The van der Waals surface area contributed by atoms with Crippen molar-refractivity contribution in [2.75, 3.05) is 6.54 Å². The van der Waals surface area contributed by atoms with E-state index >= 15 is 0 Å². The predicted octanol–water partition coefficient (Wildman–Crippen LogP) is 4.18. The Hall–Kier alpha value is -1.02. The van der Waals surface area contributed by atoms with E-state index < -0.39 is 0 Å². The molecule has 2 unspecified atom stereocenters. The molecular formula is C17H29NO. The van der Waals surface area contributed by atoms with Gasteiger partial charge in [0.1, 0.15) is 11.9 Å². The largest absolute Gasteiger partial charge is 0.489 e. The highest BCUT2D eigenvalue weighted by Crippen LogP contribution is 2.19. The first-order valence-electron chi connectivity index (χ1n) is 7.74. The van der Waals surface area contributed by atoms with Gasteiger partial charge in [-0.2, -0.15) is 0 Å². The molecule has 0 saturated heterocycles. The van der Waals surface area contributed by atoms with Gasteiger partial charge in [-0.1, -0.05) is 46.2 Å². The highest BCUT2D eigenvalue weighted by molar-refractivity contribution is 5.28. The predicted molar refractivity (Wildman–Crippen MR) is 82.9 cm³/mol. The Bertz CT molecular complexity index is 345. The molecule has 0 heterocycles. The number of benzene rings is 1. The molecule has 2 atom stereocenters. The summed E-state index contributed by atoms with van der Waals surface area (Å²) in [5.41, 5.74) is 1.34. The van der Waals surface area contributed by atoms with Crippen LogP contribution < -0.4 is 10.1 Å². The van der Waals surface area contributed by atoms with Gasteiger partial charge in [-0.05, 0) is 43.5 Å². The SMILES string of the molecule is CCCC(NCC)C(CC)Oc1cccc(CC)c1. The molecule has 0 aliphatic heterocycles. The fraction of sp³-hybridized carbons (Fsp3) is 0.647. The highest BCUT2D eigenvalue weighted by Gasteiger charge is 2.20. The first-order valence-corrected chi connectivity index (χ1v) is 7.74. The van der Waals surface area contributed by atoms with Gasteiger partial charge in [0.15, 0.2) is 0 Å². The summed E-state index contributed by atoms with van der Waals surface area (Å²) in [7, 11) is 0. The zero-order valence-electron chi connectivity index (χ0n) is 12.9. The lowest BCUT2D eigenvalue weighted by atomic mass is 10.0. The number of hydrogen-bond donors (Lipinski definition) is 1. The van der Waals surface area contributed by atoms with Crippen LogP contribution >= 0.6 is 0 Å². The maximum absolute atomic E-state index is 6.21. The summed E-state index contributed by atoms with van der Waals surface area (Å²) in [6.07, 6.45) is 4.70. The van der Waals surface area contributed by atoms with Crippen molar-refractivity contribution in [1.82, 2.24) is 5.32 Å². The number of likely N-dealkylation sites (N-methyl/N-ethyl adjacent to an activating group) is 1. The summed E-state index contributed by atoms with van der Waals surface area (Å²) >= 11 is 0. The molecule has 0 fully saturated rings. The topological polar surface area (TPSA) is 21.3 Å². The van der Waals surface area contributed by atoms with Crippen molar-refractivity contribution in [3.8, 4) is 5.75 Å². The summed E-state index contributed by atoms with van der Waals surface area (Å²) in [6.45, 7) is 9.77. The quantitative estimate of drug-likeness (QED) is 0.721. The standard InChI is InChI=1S/C17H29NO/c1-5-10-16(18-8-4)17(7-3)19-15-12-9-11-14(6-2)13-15/h9,11-13,16-18H,5-8,10H2,1-4H3. The lowest BCUT2D eigenvalue weighted by Crippen LogP contribution is -2.42. The second-order valence-corrected chi connectivity index (χ2v) is 5.02. The van der Waals surface area contributed by atoms with Crippen molar-refractivity contribution < 1.29 is 4.74 Å². The van der Waals surface area contributed by atoms with Crippen LogP contribution in [0.3, 0.4) is 0 Å². The normalized spacial score (nSPS) is 14.1. The molecule has 2 heteroatoms. The van der Waals surface area contributed by atoms with Crippen LogP contribution in [-0.2, 0) is 6.42 Å². The molecule has 0 radical (unpaired) electrons. The molecule has 0 aliphatic rings. The fourth-order valence-corrected chi connectivity index (χ4v) is 2.46. The third kappa shape index (κ3) is 5.23. The second-order valence-electron chi connectivity index (χ2n) is 5.02. The van der Waals surface area contributed by atoms with Crippen molar-refractivity contribution in [2.45, 2.75) is 65.5 Å². The summed E-state index contributed by atoms with van der Waals surface area (Å²) in [5.74, 6) is 1.00. The highest BCUT2D eigenvalue weighted by atomic mass is 16.5. The van der Waals surface area contributed by atoms with Crippen LogP contribution in [0.4, 0.5) is 0 Å². The molecule has 1 aromatic rings. The molecule has 2 nitrogen and oxygen atoms in total. The van der Waals surface area contributed by atoms with E-state index in [1.807, 2.05) is 0 Å². The van der Waals surface area contributed by atoms with Crippen LogP contribution in [0.25, 0.3) is 0 Å². The molecule has 0 spiro atoms. The van der Waals surface area contributed by atoms with E-state index in [-0.39, 0.29) is 6.10 Å². The molecule has 0 saturated carbocycles. The van der Waals surface area contributed by atoms with Crippen LogP contribution in [0.5, 0.6) is 5.75 Å². The molecule has 0 amide bonds. The third-order valence-electron chi connectivity index (χ3n) is 3.51. The Kier molecular flexibility index (Phi) is 7.57. The third-order valence-corrected chi connectivity index (χ3v) is 3.51. The van der Waals surface area contributed by atoms with Crippen molar-refractivity contribution in [1.29, 1.82) is 0 Å². The summed E-state index contributed by atoms with van der Waals surface area (Å²) in [5, 5.41) is 3.56. The zero-order valence-corrected chi connectivity index (χ0v) is 12.9. The van der Waals surface area contributed by atoms with Crippen LogP contribution in [-0.4, -0.2) is 18.7 Å². The molecule has 1 aromatic carbocycles. The average Bonchev–Trinajstić information content (AvgIpc) is 2.45. The molecule has 0 aromatic heterocycles. The second kappa shape index (κ2) is 8.98. The van der Waals surface area contributed by atoms with Crippen molar-refractivity contribution in [3.05, 3.63) is 29.8 Å². The average molecular weight is 263 g/mol. The van der Waals surface area contributed by atoms with Crippen molar-refractivity contribution in [2.24, 2.45) is 0 Å². The van der Waals surface area contributed by atoms with Gasteiger partial charge in [0.25, 0.3) is 0 Å². The van der Waals surface area contributed by atoms with Gasteiger partial charge in [0.05, 0.1) is 0 Å². The lowest BCUT2D eigenvalue weighted by Gasteiger charge is -2.27. The minimum atomic E-state index is 0.256. The van der Waals surface area contributed by atoms with Crippen LogP contribution in [0.1, 0.15) is 52.5 Å². The first kappa shape index (κ1) is 16.0.